The fourth-order valence-corrected chi connectivity index (χ4v) is 3.94. The molecule has 26 heavy (non-hydrogen) atoms. The van der Waals surface area contributed by atoms with Crippen molar-refractivity contribution >= 4 is 33.2 Å². The van der Waals surface area contributed by atoms with Crippen LogP contribution in [0.2, 0.25) is 5.02 Å². The number of carbonyl (C=O) groups excluding carboxylic acids is 1. The van der Waals surface area contributed by atoms with Crippen LogP contribution in [-0.2, 0) is 14.8 Å². The molecule has 2 rings (SSSR count). The molecule has 2 aromatic rings. The molecule has 140 valence electrons. The average molecular weight is 399 g/mol. The molecule has 2 aromatic carbocycles. The van der Waals surface area contributed by atoms with Crippen molar-refractivity contribution in [2.45, 2.75) is 25.9 Å². The minimum atomic E-state index is -3.72. The van der Waals surface area contributed by atoms with Gasteiger partial charge < -0.3 is 5.32 Å². The molecule has 0 aliphatic carbocycles. The molecular weight excluding hydrogens is 379 g/mol. The fraction of sp³-hybridized carbons (Fsp3) is 0.278. The van der Waals surface area contributed by atoms with E-state index in [4.69, 9.17) is 11.6 Å². The van der Waals surface area contributed by atoms with Gasteiger partial charge in [-0.25, -0.2) is 12.8 Å². The standard InChI is InChI=1S/C18H20ClFN2O3S/c1-12(14-7-9-16(20)10-8-14)21-18(23)13(2)22(26(3,24)25)17-6-4-5-15(19)11-17/h4-13H,1-3H3,(H,21,23)/t12-,13-/m1/s1. The highest BCUT2D eigenvalue weighted by atomic mass is 35.5. The molecule has 0 radical (unpaired) electrons. The molecule has 0 bridgehead atoms. The van der Waals surface area contributed by atoms with Crippen LogP contribution in [0, 0.1) is 5.82 Å². The van der Waals surface area contributed by atoms with E-state index in [1.807, 2.05) is 0 Å². The van der Waals surface area contributed by atoms with Crippen molar-refractivity contribution in [1.29, 1.82) is 0 Å². The monoisotopic (exact) mass is 398 g/mol. The largest absolute Gasteiger partial charge is 0.348 e. The maximum absolute atomic E-state index is 13.0. The summed E-state index contributed by atoms with van der Waals surface area (Å²) in [5.74, 6) is -0.850. The summed E-state index contributed by atoms with van der Waals surface area (Å²) in [6, 6.07) is 10.6. The Bertz CT molecular complexity index is 888. The first-order chi connectivity index (χ1) is 12.1. The molecule has 0 aliphatic heterocycles. The Labute approximate surface area is 157 Å². The molecule has 0 aromatic heterocycles. The molecular formula is C18H20ClFN2O3S. The first kappa shape index (κ1) is 20.2. The lowest BCUT2D eigenvalue weighted by molar-refractivity contribution is -0.122. The van der Waals surface area contributed by atoms with Gasteiger partial charge in [-0.1, -0.05) is 29.8 Å². The smallest absolute Gasteiger partial charge is 0.244 e. The predicted octanol–water partition coefficient (Wildman–Crippen LogP) is 3.51. The Balaban J connectivity index is 2.23. The zero-order chi connectivity index (χ0) is 19.5. The number of amides is 1. The van der Waals surface area contributed by atoms with Crippen molar-refractivity contribution in [1.82, 2.24) is 5.32 Å². The summed E-state index contributed by atoms with van der Waals surface area (Å²) in [5.41, 5.74) is 1.01. The normalized spacial score (nSPS) is 13.7. The van der Waals surface area contributed by atoms with Crippen LogP contribution in [-0.4, -0.2) is 26.6 Å². The van der Waals surface area contributed by atoms with Crippen LogP contribution in [0.25, 0.3) is 0 Å². The first-order valence-corrected chi connectivity index (χ1v) is 10.1. The molecule has 0 unspecified atom stereocenters. The Morgan fingerprint density at radius 1 is 1.15 bits per heavy atom. The van der Waals surface area contributed by atoms with Gasteiger partial charge in [0.15, 0.2) is 0 Å². The quantitative estimate of drug-likeness (QED) is 0.809. The van der Waals surface area contributed by atoms with Gasteiger partial charge >= 0.3 is 0 Å². The molecule has 1 amide bonds. The van der Waals surface area contributed by atoms with Crippen LogP contribution in [0.15, 0.2) is 48.5 Å². The van der Waals surface area contributed by atoms with Crippen molar-refractivity contribution in [3.05, 3.63) is 64.9 Å². The van der Waals surface area contributed by atoms with Gasteiger partial charge in [0, 0.05) is 5.02 Å². The molecule has 0 saturated carbocycles. The summed E-state index contributed by atoms with van der Waals surface area (Å²) in [7, 11) is -3.72. The number of nitrogens with one attached hydrogen (secondary N) is 1. The zero-order valence-electron chi connectivity index (χ0n) is 14.6. The summed E-state index contributed by atoms with van der Waals surface area (Å²) in [6.45, 7) is 3.23. The number of hydrogen-bond acceptors (Lipinski definition) is 3. The van der Waals surface area contributed by atoms with E-state index in [0.29, 0.717) is 16.3 Å². The molecule has 5 nitrogen and oxygen atoms in total. The van der Waals surface area contributed by atoms with E-state index in [1.54, 1.807) is 37.3 Å². The maximum Gasteiger partial charge on any atom is 0.244 e. The topological polar surface area (TPSA) is 66.5 Å². The fourth-order valence-electron chi connectivity index (χ4n) is 2.59. The van der Waals surface area contributed by atoms with Crippen molar-refractivity contribution in [3.63, 3.8) is 0 Å². The van der Waals surface area contributed by atoms with Crippen LogP contribution in [0.5, 0.6) is 0 Å². The van der Waals surface area contributed by atoms with Gasteiger partial charge in [0.1, 0.15) is 11.9 Å². The van der Waals surface area contributed by atoms with Gasteiger partial charge in [0.2, 0.25) is 15.9 Å². The summed E-state index contributed by atoms with van der Waals surface area (Å²) in [5, 5.41) is 3.12. The Kier molecular flexibility index (Phi) is 6.26. The second-order valence-electron chi connectivity index (χ2n) is 6.00. The van der Waals surface area contributed by atoms with Gasteiger partial charge in [0.25, 0.3) is 0 Å². The first-order valence-electron chi connectivity index (χ1n) is 7.90. The highest BCUT2D eigenvalue weighted by Crippen LogP contribution is 2.24. The predicted molar refractivity (Wildman–Crippen MR) is 101 cm³/mol. The van der Waals surface area contributed by atoms with Crippen molar-refractivity contribution in [2.75, 3.05) is 10.6 Å². The molecule has 0 aliphatic rings. The van der Waals surface area contributed by atoms with Gasteiger partial charge in [-0.3, -0.25) is 9.10 Å². The molecule has 1 N–H and O–H groups in total. The number of carbonyl (C=O) groups is 1. The number of sulfonamides is 1. The van der Waals surface area contributed by atoms with Gasteiger partial charge in [-0.05, 0) is 49.7 Å². The van der Waals surface area contributed by atoms with Crippen molar-refractivity contribution < 1.29 is 17.6 Å². The van der Waals surface area contributed by atoms with E-state index in [-0.39, 0.29) is 5.82 Å². The van der Waals surface area contributed by atoms with E-state index >= 15 is 0 Å². The minimum absolute atomic E-state index is 0.303. The van der Waals surface area contributed by atoms with Gasteiger partial charge in [0.05, 0.1) is 18.0 Å². The van der Waals surface area contributed by atoms with Crippen molar-refractivity contribution in [2.24, 2.45) is 0 Å². The molecule has 0 saturated heterocycles. The summed E-state index contributed by atoms with van der Waals surface area (Å²) in [6.07, 6.45) is 1.03. The molecule has 0 fully saturated rings. The van der Waals surface area contributed by atoms with Crippen LogP contribution >= 0.6 is 11.6 Å². The molecule has 0 spiro atoms. The highest BCUT2D eigenvalue weighted by molar-refractivity contribution is 7.92. The Morgan fingerprint density at radius 2 is 1.77 bits per heavy atom. The summed E-state index contributed by atoms with van der Waals surface area (Å²) in [4.78, 5) is 12.6. The lowest BCUT2D eigenvalue weighted by Crippen LogP contribution is -2.48. The molecule has 2 atom stereocenters. The number of benzene rings is 2. The van der Waals surface area contributed by atoms with E-state index in [2.05, 4.69) is 5.32 Å². The van der Waals surface area contributed by atoms with Crippen LogP contribution in [0.1, 0.15) is 25.5 Å². The Morgan fingerprint density at radius 3 is 2.31 bits per heavy atom. The minimum Gasteiger partial charge on any atom is -0.348 e. The van der Waals surface area contributed by atoms with Gasteiger partial charge in [-0.15, -0.1) is 0 Å². The third kappa shape index (κ3) is 4.95. The third-order valence-corrected chi connectivity index (χ3v) is 5.36. The number of nitrogens with zero attached hydrogens (tertiary/aromatic N) is 1. The molecule has 8 heteroatoms. The maximum atomic E-state index is 13.0. The SMILES string of the molecule is C[C@H](C(=O)N[C@H](C)c1ccc(F)cc1)N(c1cccc(Cl)c1)S(C)(=O)=O. The number of rotatable bonds is 6. The molecule has 0 heterocycles. The average Bonchev–Trinajstić information content (AvgIpc) is 2.54. The second kappa shape index (κ2) is 8.05. The Hall–Kier alpha value is -2.12. The van der Waals surface area contributed by atoms with Crippen LogP contribution in [0.4, 0.5) is 10.1 Å². The van der Waals surface area contributed by atoms with E-state index in [1.165, 1.54) is 25.1 Å². The number of anilines is 1. The zero-order valence-corrected chi connectivity index (χ0v) is 16.2. The van der Waals surface area contributed by atoms with Crippen LogP contribution < -0.4 is 9.62 Å². The van der Waals surface area contributed by atoms with Crippen molar-refractivity contribution in [3.8, 4) is 0 Å². The third-order valence-electron chi connectivity index (χ3n) is 3.88. The van der Waals surface area contributed by atoms with E-state index in [9.17, 15) is 17.6 Å². The summed E-state index contributed by atoms with van der Waals surface area (Å²) < 4.78 is 38.5. The lowest BCUT2D eigenvalue weighted by Gasteiger charge is -2.29. The summed E-state index contributed by atoms with van der Waals surface area (Å²) >= 11 is 5.95. The number of halogens is 2. The van der Waals surface area contributed by atoms with Gasteiger partial charge in [-0.2, -0.15) is 0 Å². The second-order valence-corrected chi connectivity index (χ2v) is 8.29. The number of hydrogen-bond donors (Lipinski definition) is 1. The van der Waals surface area contributed by atoms with E-state index < -0.39 is 28.0 Å². The van der Waals surface area contributed by atoms with Crippen LogP contribution in [0.3, 0.4) is 0 Å². The van der Waals surface area contributed by atoms with E-state index in [0.717, 1.165) is 10.6 Å². The lowest BCUT2D eigenvalue weighted by atomic mass is 10.1. The highest BCUT2D eigenvalue weighted by Gasteiger charge is 2.30.